The Morgan fingerprint density at radius 2 is 1.76 bits per heavy atom. The quantitative estimate of drug-likeness (QED) is 0.825. The molecule has 0 fully saturated rings. The van der Waals surface area contributed by atoms with Crippen LogP contribution in [0.4, 0.5) is 0 Å². The number of rotatable bonds is 6. The summed E-state index contributed by atoms with van der Waals surface area (Å²) in [6.07, 6.45) is 0. The second kappa shape index (κ2) is 6.99. The Hall–Kier alpha value is -2.20. The number of carboxylic acid groups (broad SMARTS) is 1. The largest absolute Gasteiger partial charge is 0.489 e. The second-order valence-electron chi connectivity index (χ2n) is 4.43. The number of hydrogen-bond donors (Lipinski definition) is 1. The Kier molecular flexibility index (Phi) is 5.06. The van der Waals surface area contributed by atoms with E-state index in [1.165, 1.54) is 6.07 Å². The van der Waals surface area contributed by atoms with Crippen molar-refractivity contribution in [1.29, 1.82) is 0 Å². The number of aryl methyl sites for hydroxylation is 1. The van der Waals surface area contributed by atoms with Gasteiger partial charge in [-0.1, -0.05) is 29.8 Å². The van der Waals surface area contributed by atoms with Crippen LogP contribution >= 0.6 is 11.6 Å². The number of carbonyl (C=O) groups is 1. The Balaban J connectivity index is 1.89. The second-order valence-corrected chi connectivity index (χ2v) is 4.84. The molecule has 2 aromatic carbocycles. The highest BCUT2D eigenvalue weighted by Gasteiger charge is 2.10. The van der Waals surface area contributed by atoms with Crippen molar-refractivity contribution in [3.63, 3.8) is 0 Å². The van der Waals surface area contributed by atoms with Gasteiger partial charge in [0.1, 0.15) is 30.3 Å². The summed E-state index contributed by atoms with van der Waals surface area (Å²) in [5.74, 6) is -0.117. The fourth-order valence-electron chi connectivity index (χ4n) is 1.80. The van der Waals surface area contributed by atoms with Crippen molar-refractivity contribution in [2.75, 3.05) is 13.2 Å². The average Bonchev–Trinajstić information content (AvgIpc) is 2.45. The molecule has 0 aliphatic heterocycles. The van der Waals surface area contributed by atoms with Gasteiger partial charge in [0.2, 0.25) is 0 Å². The molecular formula is C16H15ClO4. The molecule has 0 amide bonds. The molecule has 5 heteroatoms. The lowest BCUT2D eigenvalue weighted by atomic mass is 10.2. The molecule has 4 nitrogen and oxygen atoms in total. The summed E-state index contributed by atoms with van der Waals surface area (Å²) in [6, 6.07) is 12.0. The molecule has 0 saturated heterocycles. The number of halogens is 1. The molecule has 110 valence electrons. The van der Waals surface area contributed by atoms with Gasteiger partial charge in [0, 0.05) is 0 Å². The highest BCUT2D eigenvalue weighted by atomic mass is 35.5. The van der Waals surface area contributed by atoms with Gasteiger partial charge in [-0.3, -0.25) is 0 Å². The third kappa shape index (κ3) is 4.13. The predicted molar refractivity (Wildman–Crippen MR) is 80.6 cm³/mol. The van der Waals surface area contributed by atoms with E-state index < -0.39 is 5.97 Å². The molecule has 0 unspecified atom stereocenters. The van der Waals surface area contributed by atoms with Gasteiger partial charge in [-0.25, -0.2) is 4.79 Å². The third-order valence-corrected chi connectivity index (χ3v) is 3.10. The number of ether oxygens (including phenoxy) is 2. The van der Waals surface area contributed by atoms with Crippen LogP contribution in [0.25, 0.3) is 0 Å². The Bertz CT molecular complexity index is 640. The van der Waals surface area contributed by atoms with Crippen LogP contribution in [0.3, 0.4) is 0 Å². The Morgan fingerprint density at radius 3 is 2.43 bits per heavy atom. The summed E-state index contributed by atoms with van der Waals surface area (Å²) >= 11 is 6.05. The van der Waals surface area contributed by atoms with E-state index in [4.69, 9.17) is 26.2 Å². The first kappa shape index (κ1) is 15.2. The zero-order chi connectivity index (χ0) is 15.2. The van der Waals surface area contributed by atoms with Crippen LogP contribution in [-0.4, -0.2) is 24.3 Å². The zero-order valence-electron chi connectivity index (χ0n) is 11.5. The highest BCUT2D eigenvalue weighted by Crippen LogP contribution is 2.25. The van der Waals surface area contributed by atoms with Crippen molar-refractivity contribution in [1.82, 2.24) is 0 Å². The molecule has 0 bridgehead atoms. The monoisotopic (exact) mass is 306 g/mol. The van der Waals surface area contributed by atoms with Crippen molar-refractivity contribution in [3.8, 4) is 11.5 Å². The van der Waals surface area contributed by atoms with Gasteiger partial charge in [-0.15, -0.1) is 0 Å². The van der Waals surface area contributed by atoms with Crippen molar-refractivity contribution in [2.45, 2.75) is 6.92 Å². The fraction of sp³-hybridized carbons (Fsp3) is 0.188. The third-order valence-electron chi connectivity index (χ3n) is 2.80. The van der Waals surface area contributed by atoms with Crippen LogP contribution in [0.2, 0.25) is 5.02 Å². The minimum Gasteiger partial charge on any atom is -0.489 e. The number of para-hydroxylation sites is 1. The molecular weight excluding hydrogens is 292 g/mol. The lowest BCUT2D eigenvalue weighted by Gasteiger charge is -2.11. The van der Waals surface area contributed by atoms with Gasteiger partial charge in [0.25, 0.3) is 0 Å². The molecule has 21 heavy (non-hydrogen) atoms. The Labute approximate surface area is 127 Å². The molecule has 0 heterocycles. The maximum Gasteiger partial charge on any atom is 0.339 e. The topological polar surface area (TPSA) is 55.8 Å². The van der Waals surface area contributed by atoms with Crippen LogP contribution in [0.1, 0.15) is 15.9 Å². The number of aromatic carboxylic acids is 1. The highest BCUT2D eigenvalue weighted by molar-refractivity contribution is 6.32. The molecule has 0 atom stereocenters. The Morgan fingerprint density at radius 1 is 1.10 bits per heavy atom. The van der Waals surface area contributed by atoms with Gasteiger partial charge in [-0.05, 0) is 36.8 Å². The molecule has 1 N–H and O–H groups in total. The maximum absolute atomic E-state index is 11.0. The van der Waals surface area contributed by atoms with Gasteiger partial charge < -0.3 is 14.6 Å². The maximum atomic E-state index is 11.0. The van der Waals surface area contributed by atoms with Crippen LogP contribution in [0, 0.1) is 6.92 Å². The zero-order valence-corrected chi connectivity index (χ0v) is 12.3. The van der Waals surface area contributed by atoms with Crippen LogP contribution < -0.4 is 9.47 Å². The van der Waals surface area contributed by atoms with E-state index in [2.05, 4.69) is 0 Å². The molecule has 2 aromatic rings. The summed E-state index contributed by atoms with van der Waals surface area (Å²) in [5, 5.41) is 9.58. The van der Waals surface area contributed by atoms with E-state index in [0.717, 1.165) is 5.56 Å². The van der Waals surface area contributed by atoms with Gasteiger partial charge in [0.05, 0.1) is 5.02 Å². The van der Waals surface area contributed by atoms with E-state index in [1.54, 1.807) is 24.3 Å². The lowest BCUT2D eigenvalue weighted by Crippen LogP contribution is -2.11. The van der Waals surface area contributed by atoms with E-state index in [-0.39, 0.29) is 18.8 Å². The van der Waals surface area contributed by atoms with E-state index in [9.17, 15) is 4.79 Å². The first-order valence-corrected chi connectivity index (χ1v) is 6.80. The molecule has 2 rings (SSSR count). The minimum absolute atomic E-state index is 0.130. The van der Waals surface area contributed by atoms with Crippen molar-refractivity contribution >= 4 is 17.6 Å². The van der Waals surface area contributed by atoms with E-state index in [0.29, 0.717) is 16.5 Å². The van der Waals surface area contributed by atoms with Crippen LogP contribution in [0.5, 0.6) is 11.5 Å². The summed E-state index contributed by atoms with van der Waals surface area (Å²) in [7, 11) is 0. The molecule has 0 aliphatic rings. The number of carboxylic acids is 1. The number of hydrogen-bond acceptors (Lipinski definition) is 3. The van der Waals surface area contributed by atoms with Crippen molar-refractivity contribution in [2.24, 2.45) is 0 Å². The van der Waals surface area contributed by atoms with Crippen molar-refractivity contribution in [3.05, 3.63) is 58.6 Å². The molecule has 0 radical (unpaired) electrons. The number of benzene rings is 2. The van der Waals surface area contributed by atoms with Gasteiger partial charge >= 0.3 is 5.97 Å². The summed E-state index contributed by atoms with van der Waals surface area (Å²) < 4.78 is 10.9. The standard InChI is InChI=1S/C16H15ClO4/c1-11-6-7-15(13(17)10-11)21-9-8-20-14-5-3-2-4-12(14)16(18)19/h2-7,10H,8-9H2,1H3,(H,18,19). The summed E-state index contributed by atoms with van der Waals surface area (Å²) in [4.78, 5) is 11.0. The average molecular weight is 307 g/mol. The van der Waals surface area contributed by atoms with Gasteiger partial charge in [-0.2, -0.15) is 0 Å². The molecule has 0 aliphatic carbocycles. The first-order valence-electron chi connectivity index (χ1n) is 6.42. The molecule has 0 aromatic heterocycles. The normalized spacial score (nSPS) is 10.2. The fourth-order valence-corrected chi connectivity index (χ4v) is 2.09. The van der Waals surface area contributed by atoms with Crippen molar-refractivity contribution < 1.29 is 19.4 Å². The molecule has 0 spiro atoms. The van der Waals surface area contributed by atoms with Crippen LogP contribution in [-0.2, 0) is 0 Å². The lowest BCUT2D eigenvalue weighted by molar-refractivity contribution is 0.0691. The van der Waals surface area contributed by atoms with Gasteiger partial charge in [0.15, 0.2) is 0 Å². The van der Waals surface area contributed by atoms with E-state index in [1.807, 2.05) is 19.1 Å². The summed E-state index contributed by atoms with van der Waals surface area (Å²) in [6.45, 7) is 2.45. The predicted octanol–water partition coefficient (Wildman–Crippen LogP) is 3.80. The minimum atomic E-state index is -1.02. The van der Waals surface area contributed by atoms with E-state index >= 15 is 0 Å². The summed E-state index contributed by atoms with van der Waals surface area (Å²) in [5.41, 5.74) is 1.19. The smallest absolute Gasteiger partial charge is 0.339 e. The first-order chi connectivity index (χ1) is 10.1. The SMILES string of the molecule is Cc1ccc(OCCOc2ccccc2C(=O)O)c(Cl)c1. The molecule has 0 saturated carbocycles. The van der Waals surface area contributed by atoms with Crippen LogP contribution in [0.15, 0.2) is 42.5 Å².